The van der Waals surface area contributed by atoms with Gasteiger partial charge in [0.05, 0.1) is 5.37 Å². The van der Waals surface area contributed by atoms with E-state index in [0.717, 1.165) is 0 Å². The number of nitrogens with zero attached hydrogens (tertiary/aromatic N) is 1. The van der Waals surface area contributed by atoms with Crippen LogP contribution in [0.15, 0.2) is 18.2 Å². The van der Waals surface area contributed by atoms with E-state index < -0.39 is 23.9 Å². The number of carbonyl (C=O) groups excluding carboxylic acids is 1. The Balaban J connectivity index is 2.14. The number of aryl methyl sites for hydroxylation is 1. The van der Waals surface area contributed by atoms with Gasteiger partial charge >= 0.3 is 12.0 Å². The van der Waals surface area contributed by atoms with Gasteiger partial charge in [-0.3, -0.25) is 4.90 Å². The summed E-state index contributed by atoms with van der Waals surface area (Å²) in [6.07, 6.45) is 0. The summed E-state index contributed by atoms with van der Waals surface area (Å²) in [7, 11) is 0. The molecule has 1 aromatic rings. The first kappa shape index (κ1) is 14.6. The molecule has 0 bridgehead atoms. The largest absolute Gasteiger partial charge is 0.480 e. The molecule has 2 unspecified atom stereocenters. The molecule has 2 atom stereocenters. The molecule has 1 fully saturated rings. The summed E-state index contributed by atoms with van der Waals surface area (Å²) in [6, 6.07) is 2.97. The van der Waals surface area contributed by atoms with Crippen molar-refractivity contribution in [1.29, 1.82) is 0 Å². The number of rotatable bonds is 2. The van der Waals surface area contributed by atoms with E-state index in [1.165, 1.54) is 22.7 Å². The van der Waals surface area contributed by atoms with Gasteiger partial charge in [0.1, 0.15) is 11.9 Å². The minimum absolute atomic E-state index is 0.230. The number of hydrogen-bond donors (Lipinski definition) is 2. The van der Waals surface area contributed by atoms with Crippen molar-refractivity contribution < 1.29 is 19.1 Å². The van der Waals surface area contributed by atoms with Crippen molar-refractivity contribution in [3.8, 4) is 0 Å². The van der Waals surface area contributed by atoms with Gasteiger partial charge < -0.3 is 10.4 Å². The molecule has 2 amide bonds. The molecule has 2 N–H and O–H groups in total. The molecule has 0 aromatic heterocycles. The van der Waals surface area contributed by atoms with E-state index in [2.05, 4.69) is 5.32 Å². The third-order valence-electron chi connectivity index (χ3n) is 3.17. The second-order valence-corrected chi connectivity index (χ2v) is 5.94. The molecule has 1 aromatic carbocycles. The van der Waals surface area contributed by atoms with E-state index in [9.17, 15) is 14.0 Å². The highest BCUT2D eigenvalue weighted by atomic mass is 32.2. The molecular weight excluding hydrogens is 283 g/mol. The van der Waals surface area contributed by atoms with Crippen LogP contribution < -0.4 is 5.32 Å². The first-order valence-electron chi connectivity index (χ1n) is 6.10. The summed E-state index contributed by atoms with van der Waals surface area (Å²) < 4.78 is 13.4. The van der Waals surface area contributed by atoms with E-state index in [0.29, 0.717) is 17.0 Å². The van der Waals surface area contributed by atoms with Crippen LogP contribution in [-0.2, 0) is 4.79 Å². The molecule has 1 heterocycles. The molecular formula is C13H15FN2O3S. The normalized spacial score (nSPS) is 21.9. The summed E-state index contributed by atoms with van der Waals surface area (Å²) in [5.41, 5.74) is 0.794. The zero-order valence-corrected chi connectivity index (χ0v) is 11.9. The van der Waals surface area contributed by atoms with Gasteiger partial charge in [-0.2, -0.15) is 0 Å². The van der Waals surface area contributed by atoms with E-state index in [-0.39, 0.29) is 5.37 Å². The van der Waals surface area contributed by atoms with Gasteiger partial charge in [0.15, 0.2) is 0 Å². The molecule has 1 aliphatic rings. The van der Waals surface area contributed by atoms with Crippen LogP contribution in [0.5, 0.6) is 0 Å². The molecule has 20 heavy (non-hydrogen) atoms. The second kappa shape index (κ2) is 5.70. The number of anilines is 1. The van der Waals surface area contributed by atoms with Crippen LogP contribution >= 0.6 is 11.8 Å². The topological polar surface area (TPSA) is 69.6 Å². The zero-order chi connectivity index (χ0) is 14.9. The number of carboxylic acids is 1. The maximum Gasteiger partial charge on any atom is 0.327 e. The van der Waals surface area contributed by atoms with Gasteiger partial charge in [-0.05, 0) is 31.5 Å². The maximum absolute atomic E-state index is 13.4. The Bertz CT molecular complexity index is 552. The summed E-state index contributed by atoms with van der Waals surface area (Å²) in [5.74, 6) is -1.10. The Hall–Kier alpha value is -1.76. The van der Waals surface area contributed by atoms with Crippen molar-refractivity contribution in [2.75, 3.05) is 11.1 Å². The van der Waals surface area contributed by atoms with Crippen molar-refractivity contribution in [3.05, 3.63) is 29.6 Å². The number of carboxylic acid groups (broad SMARTS) is 1. The average Bonchev–Trinajstić information content (AvgIpc) is 2.76. The van der Waals surface area contributed by atoms with Crippen molar-refractivity contribution in [2.24, 2.45) is 0 Å². The van der Waals surface area contributed by atoms with E-state index in [1.807, 2.05) is 0 Å². The van der Waals surface area contributed by atoms with Crippen LogP contribution in [-0.4, -0.2) is 39.2 Å². The molecule has 1 saturated heterocycles. The van der Waals surface area contributed by atoms with Gasteiger partial charge in [-0.15, -0.1) is 11.8 Å². The lowest BCUT2D eigenvalue weighted by Gasteiger charge is -2.25. The predicted molar refractivity (Wildman–Crippen MR) is 75.3 cm³/mol. The number of amides is 2. The Kier molecular flexibility index (Phi) is 4.17. The lowest BCUT2D eigenvalue weighted by molar-refractivity contribution is -0.141. The average molecular weight is 298 g/mol. The van der Waals surface area contributed by atoms with Crippen LogP contribution in [0.2, 0.25) is 0 Å². The summed E-state index contributed by atoms with van der Waals surface area (Å²) in [5, 5.41) is 11.4. The smallest absolute Gasteiger partial charge is 0.327 e. The molecule has 7 heteroatoms. The number of benzene rings is 1. The number of carbonyl (C=O) groups is 2. The Morgan fingerprint density at radius 3 is 2.80 bits per heavy atom. The second-order valence-electron chi connectivity index (χ2n) is 4.59. The predicted octanol–water partition coefficient (Wildman–Crippen LogP) is 2.51. The molecule has 108 valence electrons. The highest BCUT2D eigenvalue weighted by Gasteiger charge is 2.39. The monoisotopic (exact) mass is 298 g/mol. The van der Waals surface area contributed by atoms with Crippen LogP contribution in [0.3, 0.4) is 0 Å². The zero-order valence-electron chi connectivity index (χ0n) is 11.1. The number of urea groups is 1. The molecule has 0 saturated carbocycles. The van der Waals surface area contributed by atoms with Crippen LogP contribution in [0.4, 0.5) is 14.9 Å². The van der Waals surface area contributed by atoms with Gasteiger partial charge in [-0.1, -0.05) is 6.07 Å². The first-order valence-corrected chi connectivity index (χ1v) is 7.15. The number of nitrogens with one attached hydrogen (secondary N) is 1. The lowest BCUT2D eigenvalue weighted by Crippen LogP contribution is -2.46. The summed E-state index contributed by atoms with van der Waals surface area (Å²) >= 11 is 1.40. The van der Waals surface area contributed by atoms with Crippen LogP contribution in [0.1, 0.15) is 12.5 Å². The van der Waals surface area contributed by atoms with Crippen molar-refractivity contribution in [3.63, 3.8) is 0 Å². The Morgan fingerprint density at radius 2 is 2.20 bits per heavy atom. The fourth-order valence-corrected chi connectivity index (χ4v) is 3.17. The summed E-state index contributed by atoms with van der Waals surface area (Å²) in [4.78, 5) is 24.5. The number of halogens is 1. The number of thioether (sulfide) groups is 1. The third kappa shape index (κ3) is 2.87. The minimum atomic E-state index is -1.04. The SMILES string of the molecule is Cc1ccc(NC(=O)N2C(C)SCC2C(=O)O)cc1F. The first-order chi connectivity index (χ1) is 9.40. The van der Waals surface area contributed by atoms with Gasteiger partial charge in [0, 0.05) is 11.4 Å². The molecule has 0 aliphatic carbocycles. The van der Waals surface area contributed by atoms with Gasteiger partial charge in [0.2, 0.25) is 0 Å². The maximum atomic E-state index is 13.4. The van der Waals surface area contributed by atoms with E-state index >= 15 is 0 Å². The fraction of sp³-hybridized carbons (Fsp3) is 0.385. The summed E-state index contributed by atoms with van der Waals surface area (Å²) in [6.45, 7) is 3.39. The minimum Gasteiger partial charge on any atom is -0.480 e. The fourth-order valence-electron chi connectivity index (χ4n) is 2.00. The van der Waals surface area contributed by atoms with Crippen LogP contribution in [0.25, 0.3) is 0 Å². The van der Waals surface area contributed by atoms with Gasteiger partial charge in [-0.25, -0.2) is 14.0 Å². The molecule has 1 aliphatic heterocycles. The molecule has 2 rings (SSSR count). The third-order valence-corrected chi connectivity index (χ3v) is 4.38. The van der Waals surface area contributed by atoms with Crippen LogP contribution in [0, 0.1) is 12.7 Å². The molecule has 0 radical (unpaired) electrons. The Labute approximate surface area is 120 Å². The highest BCUT2D eigenvalue weighted by Crippen LogP contribution is 2.29. The van der Waals surface area contributed by atoms with Gasteiger partial charge in [0.25, 0.3) is 0 Å². The molecule has 0 spiro atoms. The lowest BCUT2D eigenvalue weighted by atomic mass is 10.2. The Morgan fingerprint density at radius 1 is 1.50 bits per heavy atom. The number of aliphatic carboxylic acids is 1. The number of hydrogen-bond acceptors (Lipinski definition) is 3. The molecule has 5 nitrogen and oxygen atoms in total. The standard InChI is InChI=1S/C13H15FN2O3S/c1-7-3-4-9(5-10(7)14)15-13(19)16-8(2)20-6-11(16)12(17)18/h3-5,8,11H,6H2,1-2H3,(H,15,19)(H,17,18). The van der Waals surface area contributed by atoms with Crippen molar-refractivity contribution in [1.82, 2.24) is 4.90 Å². The van der Waals surface area contributed by atoms with Crippen molar-refractivity contribution >= 4 is 29.4 Å². The van der Waals surface area contributed by atoms with Crippen molar-refractivity contribution in [2.45, 2.75) is 25.3 Å². The van der Waals surface area contributed by atoms with E-state index in [4.69, 9.17) is 5.11 Å². The van der Waals surface area contributed by atoms with E-state index in [1.54, 1.807) is 26.0 Å². The highest BCUT2D eigenvalue weighted by molar-refractivity contribution is 8.00. The quantitative estimate of drug-likeness (QED) is 0.880.